The predicted molar refractivity (Wildman–Crippen MR) is 47.6 cm³/mol. The van der Waals surface area contributed by atoms with Gasteiger partial charge in [-0.25, -0.2) is 0 Å². The topological polar surface area (TPSA) is 9.23 Å². The van der Waals surface area contributed by atoms with E-state index >= 15 is 0 Å². The Bertz CT molecular complexity index is 129. The van der Waals surface area contributed by atoms with Crippen LogP contribution in [0.1, 0.15) is 40.0 Å². The van der Waals surface area contributed by atoms with Gasteiger partial charge in [0.15, 0.2) is 0 Å². The zero-order valence-corrected chi connectivity index (χ0v) is 8.18. The van der Waals surface area contributed by atoms with E-state index in [1.54, 1.807) is 0 Å². The number of methoxy groups -OCH3 is 1. The molecule has 0 aliphatic heterocycles. The van der Waals surface area contributed by atoms with Gasteiger partial charge in [0.25, 0.3) is 0 Å². The van der Waals surface area contributed by atoms with Gasteiger partial charge < -0.3 is 4.74 Å². The van der Waals surface area contributed by atoms with Crippen molar-refractivity contribution in [2.75, 3.05) is 7.11 Å². The molecule has 1 aliphatic carbocycles. The summed E-state index contributed by atoms with van der Waals surface area (Å²) in [6, 6.07) is 0. The van der Waals surface area contributed by atoms with Gasteiger partial charge in [-0.15, -0.1) is 0 Å². The van der Waals surface area contributed by atoms with Crippen LogP contribution in [-0.4, -0.2) is 13.2 Å². The minimum Gasteiger partial charge on any atom is -0.381 e. The molecule has 0 bridgehead atoms. The van der Waals surface area contributed by atoms with Crippen molar-refractivity contribution in [3.8, 4) is 0 Å². The average Bonchev–Trinajstić information content (AvgIpc) is 1.85. The van der Waals surface area contributed by atoms with Gasteiger partial charge in [0.2, 0.25) is 0 Å². The van der Waals surface area contributed by atoms with Crippen LogP contribution in [0.3, 0.4) is 0 Å². The zero-order chi connectivity index (χ0) is 8.48. The van der Waals surface area contributed by atoms with Crippen LogP contribution in [0.15, 0.2) is 0 Å². The Morgan fingerprint density at radius 1 is 1.27 bits per heavy atom. The maximum absolute atomic E-state index is 5.45. The molecule has 1 rings (SSSR count). The fraction of sp³-hybridized carbons (Fsp3) is 1.00. The molecule has 0 N–H and O–H groups in total. The summed E-state index contributed by atoms with van der Waals surface area (Å²) < 4.78 is 5.45. The molecule has 1 heteroatoms. The van der Waals surface area contributed by atoms with Gasteiger partial charge in [0.1, 0.15) is 0 Å². The fourth-order valence-electron chi connectivity index (χ4n) is 2.40. The highest BCUT2D eigenvalue weighted by Gasteiger charge is 2.34. The van der Waals surface area contributed by atoms with Crippen molar-refractivity contribution in [1.29, 1.82) is 0 Å². The normalized spacial score (nSPS) is 37.1. The second kappa shape index (κ2) is 3.14. The van der Waals surface area contributed by atoms with Gasteiger partial charge in [-0.3, -0.25) is 0 Å². The Kier molecular flexibility index (Phi) is 2.58. The van der Waals surface area contributed by atoms with Crippen LogP contribution in [0.2, 0.25) is 0 Å². The van der Waals surface area contributed by atoms with E-state index in [1.165, 1.54) is 19.3 Å². The molecule has 0 saturated heterocycles. The standard InChI is InChI=1S/C10H20O/c1-8-5-6-9(11-4)10(2,3)7-8/h8-9H,5-7H2,1-4H3. The molecule has 0 aromatic rings. The highest BCUT2D eigenvalue weighted by molar-refractivity contribution is 4.85. The number of hydrogen-bond acceptors (Lipinski definition) is 1. The largest absolute Gasteiger partial charge is 0.381 e. The van der Waals surface area contributed by atoms with Crippen LogP contribution in [-0.2, 0) is 4.74 Å². The average molecular weight is 156 g/mol. The molecule has 2 unspecified atom stereocenters. The molecule has 1 saturated carbocycles. The van der Waals surface area contributed by atoms with E-state index in [1.807, 2.05) is 7.11 Å². The van der Waals surface area contributed by atoms with E-state index < -0.39 is 0 Å². The molecule has 0 radical (unpaired) electrons. The second-order valence-corrected chi connectivity index (χ2v) is 4.60. The molecule has 0 heterocycles. The molecule has 0 aromatic heterocycles. The third kappa shape index (κ3) is 1.96. The summed E-state index contributed by atoms with van der Waals surface area (Å²) in [5.74, 6) is 0.886. The lowest BCUT2D eigenvalue weighted by atomic mass is 9.71. The summed E-state index contributed by atoms with van der Waals surface area (Å²) >= 11 is 0. The minimum absolute atomic E-state index is 0.395. The number of ether oxygens (including phenoxy) is 1. The SMILES string of the molecule is COC1CCC(C)CC1(C)C. The monoisotopic (exact) mass is 156 g/mol. The van der Waals surface area contributed by atoms with Crippen LogP contribution in [0.5, 0.6) is 0 Å². The van der Waals surface area contributed by atoms with E-state index in [0.29, 0.717) is 11.5 Å². The van der Waals surface area contributed by atoms with Gasteiger partial charge in [-0.1, -0.05) is 20.8 Å². The maximum atomic E-state index is 5.45. The predicted octanol–water partition coefficient (Wildman–Crippen LogP) is 2.85. The maximum Gasteiger partial charge on any atom is 0.0622 e. The van der Waals surface area contributed by atoms with Crippen molar-refractivity contribution in [3.05, 3.63) is 0 Å². The first-order valence-corrected chi connectivity index (χ1v) is 4.59. The lowest BCUT2D eigenvalue weighted by Crippen LogP contribution is -2.37. The van der Waals surface area contributed by atoms with E-state index in [2.05, 4.69) is 20.8 Å². The first-order valence-electron chi connectivity index (χ1n) is 4.59. The van der Waals surface area contributed by atoms with Crippen LogP contribution in [0, 0.1) is 11.3 Å². The molecule has 1 fully saturated rings. The van der Waals surface area contributed by atoms with E-state index in [-0.39, 0.29) is 0 Å². The Hall–Kier alpha value is -0.0400. The second-order valence-electron chi connectivity index (χ2n) is 4.60. The lowest BCUT2D eigenvalue weighted by Gasteiger charge is -2.40. The molecule has 0 spiro atoms. The molecule has 1 aliphatic rings. The van der Waals surface area contributed by atoms with Crippen molar-refractivity contribution in [2.45, 2.75) is 46.1 Å². The van der Waals surface area contributed by atoms with Crippen LogP contribution >= 0.6 is 0 Å². The van der Waals surface area contributed by atoms with Crippen molar-refractivity contribution >= 4 is 0 Å². The summed E-state index contributed by atoms with van der Waals surface area (Å²) in [5, 5.41) is 0. The Morgan fingerprint density at radius 3 is 2.36 bits per heavy atom. The first kappa shape index (κ1) is 9.05. The molecule has 2 atom stereocenters. The highest BCUT2D eigenvalue weighted by atomic mass is 16.5. The molecule has 11 heavy (non-hydrogen) atoms. The molecule has 1 nitrogen and oxygen atoms in total. The Morgan fingerprint density at radius 2 is 1.91 bits per heavy atom. The van der Waals surface area contributed by atoms with E-state index in [9.17, 15) is 0 Å². The molecule has 66 valence electrons. The summed E-state index contributed by atoms with van der Waals surface area (Å²) in [5.41, 5.74) is 0.395. The van der Waals surface area contributed by atoms with Crippen molar-refractivity contribution in [2.24, 2.45) is 11.3 Å². The van der Waals surface area contributed by atoms with Crippen LogP contribution < -0.4 is 0 Å². The highest BCUT2D eigenvalue weighted by Crippen LogP contribution is 2.39. The summed E-state index contributed by atoms with van der Waals surface area (Å²) in [7, 11) is 1.84. The summed E-state index contributed by atoms with van der Waals surface area (Å²) in [6.07, 6.45) is 4.37. The molecule has 0 aromatic carbocycles. The van der Waals surface area contributed by atoms with Gasteiger partial charge in [-0.05, 0) is 30.6 Å². The van der Waals surface area contributed by atoms with Crippen LogP contribution in [0.25, 0.3) is 0 Å². The smallest absolute Gasteiger partial charge is 0.0622 e. The molecule has 0 amide bonds. The van der Waals surface area contributed by atoms with E-state index in [4.69, 9.17) is 4.74 Å². The molecular formula is C10H20O. The summed E-state index contributed by atoms with van der Waals surface area (Å²) in [6.45, 7) is 6.97. The van der Waals surface area contributed by atoms with Crippen molar-refractivity contribution < 1.29 is 4.74 Å². The zero-order valence-electron chi connectivity index (χ0n) is 8.18. The Labute approximate surface area is 70.1 Å². The van der Waals surface area contributed by atoms with Gasteiger partial charge >= 0.3 is 0 Å². The van der Waals surface area contributed by atoms with Crippen molar-refractivity contribution in [3.63, 3.8) is 0 Å². The summed E-state index contributed by atoms with van der Waals surface area (Å²) in [4.78, 5) is 0. The van der Waals surface area contributed by atoms with Crippen LogP contribution in [0.4, 0.5) is 0 Å². The lowest BCUT2D eigenvalue weighted by molar-refractivity contribution is -0.0362. The quantitative estimate of drug-likeness (QED) is 0.567. The van der Waals surface area contributed by atoms with E-state index in [0.717, 1.165) is 5.92 Å². The minimum atomic E-state index is 0.395. The number of rotatable bonds is 1. The third-order valence-corrected chi connectivity index (χ3v) is 2.95. The first-order chi connectivity index (χ1) is 5.06. The van der Waals surface area contributed by atoms with Gasteiger partial charge in [0, 0.05) is 7.11 Å². The Balaban J connectivity index is 2.56. The van der Waals surface area contributed by atoms with Gasteiger partial charge in [-0.2, -0.15) is 0 Å². The fourth-order valence-corrected chi connectivity index (χ4v) is 2.40. The number of hydrogen-bond donors (Lipinski definition) is 0. The third-order valence-electron chi connectivity index (χ3n) is 2.95. The molecular weight excluding hydrogens is 136 g/mol. The van der Waals surface area contributed by atoms with Gasteiger partial charge in [0.05, 0.1) is 6.10 Å². The van der Waals surface area contributed by atoms with Crippen molar-refractivity contribution in [1.82, 2.24) is 0 Å².